The van der Waals surface area contributed by atoms with Crippen LogP contribution in [0.5, 0.6) is 0 Å². The van der Waals surface area contributed by atoms with Crippen LogP contribution in [0, 0.1) is 6.92 Å². The molecule has 24 heavy (non-hydrogen) atoms. The van der Waals surface area contributed by atoms with E-state index < -0.39 is 6.04 Å². The maximum absolute atomic E-state index is 12.3. The van der Waals surface area contributed by atoms with E-state index in [-0.39, 0.29) is 5.91 Å². The third kappa shape index (κ3) is 3.65. The van der Waals surface area contributed by atoms with Gasteiger partial charge in [0.2, 0.25) is 5.91 Å². The van der Waals surface area contributed by atoms with Crippen molar-refractivity contribution in [3.8, 4) is 0 Å². The largest absolute Gasteiger partial charge is 0.322 e. The summed E-state index contributed by atoms with van der Waals surface area (Å²) >= 11 is 6.16. The Bertz CT molecular complexity index is 854. The number of hydrogen-bond acceptors (Lipinski definition) is 3. The average molecular weight is 344 g/mol. The average Bonchev–Trinajstić information content (AvgIpc) is 3.18. The van der Waals surface area contributed by atoms with Gasteiger partial charge in [0.25, 0.3) is 0 Å². The van der Waals surface area contributed by atoms with Crippen molar-refractivity contribution in [1.82, 2.24) is 19.6 Å². The number of halogens is 1. The van der Waals surface area contributed by atoms with Crippen molar-refractivity contribution < 1.29 is 4.79 Å². The van der Waals surface area contributed by atoms with Crippen LogP contribution in [-0.2, 0) is 11.3 Å². The molecule has 7 heteroatoms. The Hall–Kier alpha value is -2.60. The standard InChI is InChI=1S/C17H18ClN5O/c1-12-7-20-23(9-12)13(2)17(24)21-15-8-19-22(11-15)10-14-5-3-4-6-16(14)18/h3-9,11,13H,10H2,1-2H3,(H,21,24). The van der Waals surface area contributed by atoms with Crippen LogP contribution in [-0.4, -0.2) is 25.5 Å². The lowest BCUT2D eigenvalue weighted by atomic mass is 10.2. The highest BCUT2D eigenvalue weighted by atomic mass is 35.5. The first-order chi connectivity index (χ1) is 11.5. The van der Waals surface area contributed by atoms with Gasteiger partial charge in [0.15, 0.2) is 0 Å². The molecular weight excluding hydrogens is 326 g/mol. The molecule has 0 fully saturated rings. The third-order valence-electron chi connectivity index (χ3n) is 3.70. The summed E-state index contributed by atoms with van der Waals surface area (Å²) in [6, 6.07) is 7.21. The summed E-state index contributed by atoms with van der Waals surface area (Å²) in [5, 5.41) is 12.0. The number of hydrogen-bond donors (Lipinski definition) is 1. The van der Waals surface area contributed by atoms with E-state index in [1.165, 1.54) is 0 Å². The van der Waals surface area contributed by atoms with E-state index in [4.69, 9.17) is 11.6 Å². The number of nitrogens with zero attached hydrogens (tertiary/aromatic N) is 4. The number of anilines is 1. The minimum absolute atomic E-state index is 0.143. The Morgan fingerprint density at radius 2 is 2.04 bits per heavy atom. The number of amides is 1. The van der Waals surface area contributed by atoms with E-state index in [0.717, 1.165) is 11.1 Å². The van der Waals surface area contributed by atoms with Crippen LogP contribution in [0.3, 0.4) is 0 Å². The second-order valence-electron chi connectivity index (χ2n) is 5.68. The smallest absolute Gasteiger partial charge is 0.249 e. The predicted octanol–water partition coefficient (Wildman–Crippen LogP) is 3.29. The van der Waals surface area contributed by atoms with Gasteiger partial charge in [0, 0.05) is 17.4 Å². The third-order valence-corrected chi connectivity index (χ3v) is 4.07. The topological polar surface area (TPSA) is 64.7 Å². The quantitative estimate of drug-likeness (QED) is 0.773. The molecule has 124 valence electrons. The van der Waals surface area contributed by atoms with Gasteiger partial charge in [-0.2, -0.15) is 10.2 Å². The minimum Gasteiger partial charge on any atom is -0.322 e. The van der Waals surface area contributed by atoms with Crippen molar-refractivity contribution in [2.75, 3.05) is 5.32 Å². The van der Waals surface area contributed by atoms with Crippen LogP contribution in [0.25, 0.3) is 0 Å². The van der Waals surface area contributed by atoms with Crippen molar-refractivity contribution in [2.24, 2.45) is 0 Å². The molecule has 1 atom stereocenters. The zero-order valence-corrected chi connectivity index (χ0v) is 14.2. The summed E-state index contributed by atoms with van der Waals surface area (Å²) in [4.78, 5) is 12.3. The molecule has 3 aromatic rings. The Kier molecular flexibility index (Phi) is 4.66. The van der Waals surface area contributed by atoms with Crippen LogP contribution in [0.15, 0.2) is 49.1 Å². The molecule has 0 radical (unpaired) electrons. The van der Waals surface area contributed by atoms with Gasteiger partial charge in [-0.15, -0.1) is 0 Å². The molecule has 0 spiro atoms. The van der Waals surface area contributed by atoms with E-state index >= 15 is 0 Å². The monoisotopic (exact) mass is 343 g/mol. The molecule has 0 aliphatic carbocycles. The molecule has 1 unspecified atom stereocenters. The van der Waals surface area contributed by atoms with E-state index in [2.05, 4.69) is 15.5 Å². The van der Waals surface area contributed by atoms with Crippen molar-refractivity contribution in [1.29, 1.82) is 0 Å². The first kappa shape index (κ1) is 16.3. The van der Waals surface area contributed by atoms with E-state index in [1.807, 2.05) is 37.4 Å². The van der Waals surface area contributed by atoms with Crippen LogP contribution in [0.4, 0.5) is 5.69 Å². The van der Waals surface area contributed by atoms with Gasteiger partial charge in [-0.25, -0.2) is 0 Å². The normalized spacial score (nSPS) is 12.1. The lowest BCUT2D eigenvalue weighted by Crippen LogP contribution is -2.23. The van der Waals surface area contributed by atoms with Gasteiger partial charge >= 0.3 is 0 Å². The summed E-state index contributed by atoms with van der Waals surface area (Å²) in [7, 11) is 0. The number of carbonyl (C=O) groups excluding carboxylic acids is 1. The molecule has 1 N–H and O–H groups in total. The van der Waals surface area contributed by atoms with Gasteiger partial charge in [-0.1, -0.05) is 29.8 Å². The molecular formula is C17H18ClN5O. The highest BCUT2D eigenvalue weighted by Crippen LogP contribution is 2.17. The summed E-state index contributed by atoms with van der Waals surface area (Å²) in [5.74, 6) is -0.143. The number of nitrogens with one attached hydrogen (secondary N) is 1. The van der Waals surface area contributed by atoms with Crippen LogP contribution < -0.4 is 5.32 Å². The molecule has 2 aromatic heterocycles. The first-order valence-electron chi connectivity index (χ1n) is 7.60. The van der Waals surface area contributed by atoms with Gasteiger partial charge < -0.3 is 5.32 Å². The fraction of sp³-hybridized carbons (Fsp3) is 0.235. The van der Waals surface area contributed by atoms with Crippen molar-refractivity contribution >= 4 is 23.2 Å². The van der Waals surface area contributed by atoms with Gasteiger partial charge in [0.1, 0.15) is 6.04 Å². The number of carbonyl (C=O) groups is 1. The molecule has 0 aliphatic heterocycles. The molecule has 0 saturated carbocycles. The molecule has 3 rings (SSSR count). The second-order valence-corrected chi connectivity index (χ2v) is 6.09. The summed E-state index contributed by atoms with van der Waals surface area (Å²) < 4.78 is 3.37. The Morgan fingerprint density at radius 1 is 1.25 bits per heavy atom. The molecule has 0 aliphatic rings. The molecule has 6 nitrogen and oxygen atoms in total. The van der Waals surface area contributed by atoms with Crippen molar-refractivity contribution in [2.45, 2.75) is 26.4 Å². The van der Waals surface area contributed by atoms with E-state index in [1.54, 1.807) is 34.9 Å². The minimum atomic E-state index is -0.398. The maximum atomic E-state index is 12.3. The second kappa shape index (κ2) is 6.88. The summed E-state index contributed by atoms with van der Waals surface area (Å²) in [6.07, 6.45) is 6.97. The summed E-state index contributed by atoms with van der Waals surface area (Å²) in [5.41, 5.74) is 2.63. The van der Waals surface area contributed by atoms with Crippen LogP contribution in [0.2, 0.25) is 5.02 Å². The zero-order valence-electron chi connectivity index (χ0n) is 13.5. The maximum Gasteiger partial charge on any atom is 0.249 e. The molecule has 2 heterocycles. The number of benzene rings is 1. The van der Waals surface area contributed by atoms with Crippen LogP contribution >= 0.6 is 11.6 Å². The van der Waals surface area contributed by atoms with Gasteiger partial charge in [-0.05, 0) is 31.0 Å². The van der Waals surface area contributed by atoms with Gasteiger partial charge in [0.05, 0.1) is 24.6 Å². The van der Waals surface area contributed by atoms with E-state index in [9.17, 15) is 4.79 Å². The molecule has 1 amide bonds. The number of rotatable bonds is 5. The molecule has 0 bridgehead atoms. The fourth-order valence-corrected chi connectivity index (χ4v) is 2.52. The Morgan fingerprint density at radius 3 is 2.75 bits per heavy atom. The highest BCUT2D eigenvalue weighted by Gasteiger charge is 2.16. The number of aryl methyl sites for hydroxylation is 1. The lowest BCUT2D eigenvalue weighted by molar-refractivity contribution is -0.119. The van der Waals surface area contributed by atoms with E-state index in [0.29, 0.717) is 17.3 Å². The molecule has 0 saturated heterocycles. The van der Waals surface area contributed by atoms with Crippen molar-refractivity contribution in [3.63, 3.8) is 0 Å². The zero-order chi connectivity index (χ0) is 17.1. The molecule has 1 aromatic carbocycles. The predicted molar refractivity (Wildman–Crippen MR) is 93.1 cm³/mol. The Labute approximate surface area is 145 Å². The Balaban J connectivity index is 1.65. The van der Waals surface area contributed by atoms with Crippen molar-refractivity contribution in [3.05, 3.63) is 65.2 Å². The SMILES string of the molecule is Cc1cnn(C(C)C(=O)Nc2cnn(Cc3ccccc3Cl)c2)c1. The first-order valence-corrected chi connectivity index (χ1v) is 7.98. The van der Waals surface area contributed by atoms with Gasteiger partial charge in [-0.3, -0.25) is 14.2 Å². The lowest BCUT2D eigenvalue weighted by Gasteiger charge is -2.11. The fourth-order valence-electron chi connectivity index (χ4n) is 2.33. The number of aromatic nitrogens is 4. The van der Waals surface area contributed by atoms with Crippen LogP contribution in [0.1, 0.15) is 24.1 Å². The highest BCUT2D eigenvalue weighted by molar-refractivity contribution is 6.31. The summed E-state index contributed by atoms with van der Waals surface area (Å²) in [6.45, 7) is 4.28.